The van der Waals surface area contributed by atoms with Crippen LogP contribution in [-0.4, -0.2) is 47.7 Å². The summed E-state index contributed by atoms with van der Waals surface area (Å²) in [7, 11) is 0. The third kappa shape index (κ3) is 2.04. The zero-order valence-electron chi connectivity index (χ0n) is 11.2. The Morgan fingerprint density at radius 3 is 2.53 bits per heavy atom. The zero-order chi connectivity index (χ0) is 13.6. The Bertz CT molecular complexity index is 387. The molecule has 1 heterocycles. The number of carbonyl (C=O) groups is 2. The highest BCUT2D eigenvalue weighted by molar-refractivity contribution is 5.84. The van der Waals surface area contributed by atoms with Gasteiger partial charge in [0.25, 0.3) is 0 Å². The van der Waals surface area contributed by atoms with E-state index in [2.05, 4.69) is 0 Å². The van der Waals surface area contributed by atoms with Crippen LogP contribution in [0.5, 0.6) is 0 Å². The Kier molecular flexibility index (Phi) is 3.25. The van der Waals surface area contributed by atoms with Gasteiger partial charge in [0.2, 0.25) is 5.91 Å². The number of rotatable bonds is 4. The summed E-state index contributed by atoms with van der Waals surface area (Å²) in [6.07, 6.45) is 3.58. The summed E-state index contributed by atoms with van der Waals surface area (Å²) in [6.45, 7) is 3.08. The van der Waals surface area contributed by atoms with Gasteiger partial charge in [-0.05, 0) is 31.6 Å². The first-order chi connectivity index (χ1) is 9.15. The molecule has 3 aliphatic rings. The average molecular weight is 267 g/mol. The van der Waals surface area contributed by atoms with Gasteiger partial charge in [-0.1, -0.05) is 6.42 Å². The summed E-state index contributed by atoms with van der Waals surface area (Å²) in [4.78, 5) is 25.6. The van der Waals surface area contributed by atoms with E-state index < -0.39 is 11.9 Å². The fraction of sp³-hybridized carbons (Fsp3) is 0.857. The number of aliphatic carboxylic acids is 1. The number of fused-ring (bicyclic) bond motifs is 1. The smallest absolute Gasteiger partial charge is 0.311 e. The molecule has 5 heteroatoms. The molecule has 2 saturated carbocycles. The van der Waals surface area contributed by atoms with Crippen molar-refractivity contribution < 1.29 is 19.4 Å². The Morgan fingerprint density at radius 2 is 1.95 bits per heavy atom. The van der Waals surface area contributed by atoms with Gasteiger partial charge >= 0.3 is 5.97 Å². The van der Waals surface area contributed by atoms with Crippen molar-refractivity contribution in [2.45, 2.75) is 32.2 Å². The van der Waals surface area contributed by atoms with Crippen LogP contribution in [0.3, 0.4) is 0 Å². The minimum Gasteiger partial charge on any atom is -0.481 e. The van der Waals surface area contributed by atoms with Gasteiger partial charge in [-0.15, -0.1) is 0 Å². The van der Waals surface area contributed by atoms with Gasteiger partial charge in [0.1, 0.15) is 5.92 Å². The predicted molar refractivity (Wildman–Crippen MR) is 67.4 cm³/mol. The van der Waals surface area contributed by atoms with Gasteiger partial charge in [0.05, 0.1) is 19.3 Å². The van der Waals surface area contributed by atoms with Crippen LogP contribution in [0.1, 0.15) is 26.2 Å². The van der Waals surface area contributed by atoms with Gasteiger partial charge in [-0.2, -0.15) is 0 Å². The highest BCUT2D eigenvalue weighted by Gasteiger charge is 2.58. The van der Waals surface area contributed by atoms with Crippen LogP contribution >= 0.6 is 0 Å². The summed E-state index contributed by atoms with van der Waals surface area (Å²) in [5, 5.41) is 9.21. The lowest BCUT2D eigenvalue weighted by atomic mass is 10.0. The fourth-order valence-electron chi connectivity index (χ4n) is 4.02. The minimum atomic E-state index is -0.857. The van der Waals surface area contributed by atoms with Gasteiger partial charge in [-0.3, -0.25) is 9.59 Å². The molecule has 0 bridgehead atoms. The highest BCUT2D eigenvalue weighted by Crippen LogP contribution is 2.58. The van der Waals surface area contributed by atoms with Gasteiger partial charge in [0, 0.05) is 12.5 Å². The molecule has 2 aliphatic carbocycles. The molecule has 106 valence electrons. The van der Waals surface area contributed by atoms with Crippen LogP contribution in [0.2, 0.25) is 0 Å². The molecule has 0 aromatic carbocycles. The quantitative estimate of drug-likeness (QED) is 0.824. The summed E-state index contributed by atoms with van der Waals surface area (Å²) >= 11 is 0. The van der Waals surface area contributed by atoms with E-state index >= 15 is 0 Å². The number of nitrogens with zero attached hydrogens (tertiary/aromatic N) is 1. The molecule has 0 aromatic heterocycles. The highest BCUT2D eigenvalue weighted by atomic mass is 16.5. The van der Waals surface area contributed by atoms with Crippen LogP contribution in [0, 0.1) is 23.7 Å². The van der Waals surface area contributed by atoms with E-state index in [1.54, 1.807) is 4.90 Å². The maximum Gasteiger partial charge on any atom is 0.311 e. The molecule has 0 aromatic rings. The number of amides is 1. The van der Waals surface area contributed by atoms with E-state index in [0.29, 0.717) is 25.0 Å². The van der Waals surface area contributed by atoms with Crippen LogP contribution < -0.4 is 0 Å². The number of hydrogen-bond acceptors (Lipinski definition) is 3. The summed E-state index contributed by atoms with van der Waals surface area (Å²) in [5.41, 5.74) is 0. The number of carboxylic acids is 1. The maximum absolute atomic E-state index is 12.6. The second kappa shape index (κ2) is 4.78. The SMILES string of the molecule is CCN(C(=O)C1C2CCCC21)C1COCC1C(=O)O. The van der Waals surface area contributed by atoms with Crippen molar-refractivity contribution >= 4 is 11.9 Å². The van der Waals surface area contributed by atoms with Crippen molar-refractivity contribution in [1.29, 1.82) is 0 Å². The minimum absolute atomic E-state index is 0.166. The van der Waals surface area contributed by atoms with Gasteiger partial charge < -0.3 is 14.7 Å². The first kappa shape index (κ1) is 12.9. The lowest BCUT2D eigenvalue weighted by molar-refractivity contribution is -0.145. The molecule has 1 amide bonds. The number of ether oxygens (including phenoxy) is 1. The monoisotopic (exact) mass is 267 g/mol. The second-order valence-corrected chi connectivity index (χ2v) is 5.96. The van der Waals surface area contributed by atoms with Crippen molar-refractivity contribution in [2.75, 3.05) is 19.8 Å². The van der Waals surface area contributed by atoms with E-state index in [1.807, 2.05) is 6.92 Å². The molecule has 1 N–H and O–H groups in total. The first-order valence-electron chi connectivity index (χ1n) is 7.26. The molecule has 4 unspecified atom stereocenters. The summed E-state index contributed by atoms with van der Waals surface area (Å²) in [5.74, 6) is 0.0641. The topological polar surface area (TPSA) is 66.8 Å². The lowest BCUT2D eigenvalue weighted by Gasteiger charge is -2.30. The molecule has 1 aliphatic heterocycles. The van der Waals surface area contributed by atoms with Gasteiger partial charge in [0.15, 0.2) is 0 Å². The van der Waals surface area contributed by atoms with Crippen molar-refractivity contribution in [1.82, 2.24) is 4.90 Å². The van der Waals surface area contributed by atoms with Crippen molar-refractivity contribution in [3.8, 4) is 0 Å². The molecule has 3 fully saturated rings. The average Bonchev–Trinajstić information content (AvgIpc) is 2.81. The Morgan fingerprint density at radius 1 is 1.26 bits per heavy atom. The molecule has 1 saturated heterocycles. The molecular formula is C14H21NO4. The van der Waals surface area contributed by atoms with E-state index in [4.69, 9.17) is 4.74 Å². The Hall–Kier alpha value is -1.10. The largest absolute Gasteiger partial charge is 0.481 e. The van der Waals surface area contributed by atoms with E-state index in [1.165, 1.54) is 19.3 Å². The molecule has 5 nitrogen and oxygen atoms in total. The van der Waals surface area contributed by atoms with Crippen LogP contribution in [0.4, 0.5) is 0 Å². The third-order valence-corrected chi connectivity index (χ3v) is 5.08. The fourth-order valence-corrected chi connectivity index (χ4v) is 4.02. The van der Waals surface area contributed by atoms with Crippen LogP contribution in [0.15, 0.2) is 0 Å². The second-order valence-electron chi connectivity index (χ2n) is 5.96. The molecular weight excluding hydrogens is 246 g/mol. The number of carbonyl (C=O) groups excluding carboxylic acids is 1. The van der Waals surface area contributed by atoms with Gasteiger partial charge in [-0.25, -0.2) is 0 Å². The van der Waals surface area contributed by atoms with Crippen LogP contribution in [0.25, 0.3) is 0 Å². The Balaban J connectivity index is 1.70. The molecule has 0 spiro atoms. The molecule has 0 radical (unpaired) electrons. The van der Waals surface area contributed by atoms with Crippen LogP contribution in [-0.2, 0) is 14.3 Å². The molecule has 19 heavy (non-hydrogen) atoms. The summed E-state index contributed by atoms with van der Waals surface area (Å²) in [6, 6.07) is -0.281. The first-order valence-corrected chi connectivity index (χ1v) is 7.26. The molecule has 3 rings (SSSR count). The lowest BCUT2D eigenvalue weighted by Crippen LogP contribution is -2.47. The molecule has 4 atom stereocenters. The van der Waals surface area contributed by atoms with Crippen molar-refractivity contribution in [3.05, 3.63) is 0 Å². The third-order valence-electron chi connectivity index (χ3n) is 5.08. The number of carboxylic acid groups (broad SMARTS) is 1. The van der Waals surface area contributed by atoms with E-state index in [9.17, 15) is 14.7 Å². The number of hydrogen-bond donors (Lipinski definition) is 1. The zero-order valence-corrected chi connectivity index (χ0v) is 11.2. The van der Waals surface area contributed by atoms with E-state index in [-0.39, 0.29) is 24.5 Å². The predicted octanol–water partition coefficient (Wildman–Crippen LogP) is 0.981. The normalized spacial score (nSPS) is 39.9. The maximum atomic E-state index is 12.6. The van der Waals surface area contributed by atoms with E-state index in [0.717, 1.165) is 0 Å². The number of likely N-dealkylation sites (N-methyl/N-ethyl adjacent to an activating group) is 1. The standard InChI is InChI=1S/C14H21NO4/c1-2-15(11-7-19-6-10(11)14(17)18)13(16)12-8-4-3-5-9(8)12/h8-12H,2-7H2,1H3,(H,17,18). The Labute approximate surface area is 112 Å². The van der Waals surface area contributed by atoms with Crippen molar-refractivity contribution in [3.63, 3.8) is 0 Å². The van der Waals surface area contributed by atoms with Crippen molar-refractivity contribution in [2.24, 2.45) is 23.7 Å². The summed E-state index contributed by atoms with van der Waals surface area (Å²) < 4.78 is 5.28.